The molecule has 1 aliphatic rings. The molecule has 2 rings (SSSR count). The van der Waals surface area contributed by atoms with Crippen LogP contribution >= 0.6 is 0 Å². The zero-order chi connectivity index (χ0) is 14.7. The summed E-state index contributed by atoms with van der Waals surface area (Å²) < 4.78 is 6.26. The first-order valence-corrected chi connectivity index (χ1v) is 6.52. The fraction of sp³-hybridized carbons (Fsp3) is 0.667. The summed E-state index contributed by atoms with van der Waals surface area (Å²) in [6, 6.07) is 0.320. The van der Waals surface area contributed by atoms with Crippen molar-refractivity contribution in [3.05, 3.63) is 11.4 Å². The topological polar surface area (TPSA) is 97.6 Å². The Morgan fingerprint density at radius 3 is 2.70 bits per heavy atom. The Morgan fingerprint density at radius 2 is 2.20 bits per heavy atom. The monoisotopic (exact) mass is 282 g/mol. The van der Waals surface area contributed by atoms with E-state index in [1.807, 2.05) is 6.92 Å². The van der Waals surface area contributed by atoms with E-state index in [1.54, 1.807) is 4.90 Å². The maximum absolute atomic E-state index is 12.2. The van der Waals surface area contributed by atoms with Crippen molar-refractivity contribution < 1.29 is 19.4 Å². The van der Waals surface area contributed by atoms with Crippen LogP contribution in [0.25, 0.3) is 0 Å². The maximum Gasteiger partial charge on any atom is 0.358 e. The Morgan fingerprint density at radius 1 is 1.50 bits per heavy atom. The summed E-state index contributed by atoms with van der Waals surface area (Å²) in [5, 5.41) is 16.4. The standard InChI is InChI=1S/C12H18N4O4/c1-3-15(8-4-5-8)10(17)6-16-9(7-20-2)11(12(18)19)13-14-16/h8H,3-7H2,1-2H3,(H,18,19). The molecule has 1 amide bonds. The van der Waals surface area contributed by atoms with Gasteiger partial charge in [-0.15, -0.1) is 5.10 Å². The van der Waals surface area contributed by atoms with E-state index < -0.39 is 5.97 Å². The number of aromatic nitrogens is 3. The van der Waals surface area contributed by atoms with Crippen molar-refractivity contribution in [2.24, 2.45) is 0 Å². The maximum atomic E-state index is 12.2. The molecule has 1 fully saturated rings. The van der Waals surface area contributed by atoms with Crippen molar-refractivity contribution in [3.8, 4) is 0 Å². The summed E-state index contributed by atoms with van der Waals surface area (Å²) >= 11 is 0. The van der Waals surface area contributed by atoms with E-state index in [0.717, 1.165) is 12.8 Å². The number of rotatable bonds is 7. The van der Waals surface area contributed by atoms with Gasteiger partial charge in [-0.25, -0.2) is 9.48 Å². The lowest BCUT2D eigenvalue weighted by molar-refractivity contribution is -0.132. The number of nitrogens with zero attached hydrogens (tertiary/aromatic N) is 4. The minimum atomic E-state index is -1.18. The van der Waals surface area contributed by atoms with Gasteiger partial charge >= 0.3 is 5.97 Å². The SMILES string of the molecule is CCN(C(=O)Cn1nnc(C(=O)O)c1COC)C1CC1. The van der Waals surface area contributed by atoms with Gasteiger partial charge in [-0.3, -0.25) is 4.79 Å². The summed E-state index contributed by atoms with van der Waals surface area (Å²) in [6.07, 6.45) is 2.06. The van der Waals surface area contributed by atoms with E-state index in [2.05, 4.69) is 10.3 Å². The zero-order valence-corrected chi connectivity index (χ0v) is 11.6. The first-order valence-electron chi connectivity index (χ1n) is 6.52. The van der Waals surface area contributed by atoms with Crippen LogP contribution in [-0.4, -0.2) is 56.6 Å². The Labute approximate surface area is 116 Å². The third-order valence-corrected chi connectivity index (χ3v) is 3.25. The highest BCUT2D eigenvalue weighted by molar-refractivity contribution is 5.86. The number of methoxy groups -OCH3 is 1. The molecule has 0 unspecified atom stereocenters. The number of likely N-dealkylation sites (N-methyl/N-ethyl adjacent to an activating group) is 1. The molecule has 1 aliphatic carbocycles. The quantitative estimate of drug-likeness (QED) is 0.763. The van der Waals surface area contributed by atoms with Crippen LogP contribution in [-0.2, 0) is 22.7 Å². The predicted molar refractivity (Wildman–Crippen MR) is 68.1 cm³/mol. The van der Waals surface area contributed by atoms with E-state index >= 15 is 0 Å². The number of ether oxygens (including phenoxy) is 1. The zero-order valence-electron chi connectivity index (χ0n) is 11.6. The smallest absolute Gasteiger partial charge is 0.358 e. The van der Waals surface area contributed by atoms with Gasteiger partial charge < -0.3 is 14.7 Å². The summed E-state index contributed by atoms with van der Waals surface area (Å²) in [6.45, 7) is 2.61. The first kappa shape index (κ1) is 14.4. The van der Waals surface area contributed by atoms with Gasteiger partial charge in [0.1, 0.15) is 6.54 Å². The molecular weight excluding hydrogens is 264 g/mol. The molecule has 8 heteroatoms. The molecule has 0 bridgehead atoms. The number of hydrogen-bond donors (Lipinski definition) is 1. The van der Waals surface area contributed by atoms with Gasteiger partial charge in [-0.2, -0.15) is 0 Å². The molecule has 0 saturated heterocycles. The van der Waals surface area contributed by atoms with Gasteiger partial charge in [-0.05, 0) is 19.8 Å². The molecule has 0 spiro atoms. The summed E-state index contributed by atoms with van der Waals surface area (Å²) in [5.74, 6) is -1.25. The van der Waals surface area contributed by atoms with Gasteiger partial charge in [0.05, 0.1) is 12.3 Å². The van der Waals surface area contributed by atoms with Gasteiger partial charge in [0.2, 0.25) is 5.91 Å². The molecule has 1 aromatic heterocycles. The molecule has 1 aromatic rings. The highest BCUT2D eigenvalue weighted by atomic mass is 16.5. The number of carboxylic acids is 1. The molecule has 0 aliphatic heterocycles. The van der Waals surface area contributed by atoms with E-state index in [0.29, 0.717) is 18.3 Å². The fourth-order valence-corrected chi connectivity index (χ4v) is 2.15. The van der Waals surface area contributed by atoms with Crippen molar-refractivity contribution in [1.29, 1.82) is 0 Å². The van der Waals surface area contributed by atoms with Crippen LogP contribution < -0.4 is 0 Å². The lowest BCUT2D eigenvalue weighted by Gasteiger charge is -2.20. The molecule has 1 N–H and O–H groups in total. The lowest BCUT2D eigenvalue weighted by atomic mass is 10.3. The number of aromatic carboxylic acids is 1. The van der Waals surface area contributed by atoms with E-state index in [1.165, 1.54) is 11.8 Å². The van der Waals surface area contributed by atoms with Crippen molar-refractivity contribution in [3.63, 3.8) is 0 Å². The van der Waals surface area contributed by atoms with Crippen LogP contribution in [0.15, 0.2) is 0 Å². The van der Waals surface area contributed by atoms with Gasteiger partial charge in [0, 0.05) is 19.7 Å². The molecule has 0 atom stereocenters. The molecule has 8 nitrogen and oxygen atoms in total. The Bertz CT molecular complexity index is 510. The van der Waals surface area contributed by atoms with Crippen LogP contribution in [0, 0.1) is 0 Å². The average Bonchev–Trinajstić information content (AvgIpc) is 3.14. The Hall–Kier alpha value is -1.96. The summed E-state index contributed by atoms with van der Waals surface area (Å²) in [5.41, 5.74) is 0.134. The average molecular weight is 282 g/mol. The van der Waals surface area contributed by atoms with Crippen molar-refractivity contribution in [2.45, 2.75) is 39.0 Å². The third kappa shape index (κ3) is 2.96. The highest BCUT2D eigenvalue weighted by Crippen LogP contribution is 2.26. The van der Waals surface area contributed by atoms with Crippen molar-refractivity contribution in [1.82, 2.24) is 19.9 Å². The Balaban J connectivity index is 2.15. The molecule has 1 heterocycles. The first-order chi connectivity index (χ1) is 9.58. The fourth-order valence-electron chi connectivity index (χ4n) is 2.15. The van der Waals surface area contributed by atoms with Gasteiger partial charge in [0.25, 0.3) is 0 Å². The molecule has 0 aromatic carbocycles. The number of hydrogen-bond acceptors (Lipinski definition) is 5. The Kier molecular flexibility index (Phi) is 4.33. The number of carbonyl (C=O) groups excluding carboxylic acids is 1. The van der Waals surface area contributed by atoms with E-state index in [-0.39, 0.29) is 24.8 Å². The van der Waals surface area contributed by atoms with Crippen LogP contribution in [0.5, 0.6) is 0 Å². The molecule has 20 heavy (non-hydrogen) atoms. The normalized spacial score (nSPS) is 14.3. The minimum Gasteiger partial charge on any atom is -0.476 e. The number of carboxylic acid groups (broad SMARTS) is 1. The van der Waals surface area contributed by atoms with Crippen LogP contribution in [0.4, 0.5) is 0 Å². The lowest BCUT2D eigenvalue weighted by Crippen LogP contribution is -2.36. The molecule has 0 radical (unpaired) electrons. The minimum absolute atomic E-state index is 0.0106. The number of carbonyl (C=O) groups is 2. The second kappa shape index (κ2) is 6.00. The van der Waals surface area contributed by atoms with E-state index in [9.17, 15) is 9.59 Å². The highest BCUT2D eigenvalue weighted by Gasteiger charge is 2.32. The molecule has 1 saturated carbocycles. The summed E-state index contributed by atoms with van der Waals surface area (Å²) in [7, 11) is 1.45. The summed E-state index contributed by atoms with van der Waals surface area (Å²) in [4.78, 5) is 25.0. The second-order valence-electron chi connectivity index (χ2n) is 4.69. The van der Waals surface area contributed by atoms with E-state index in [4.69, 9.17) is 9.84 Å². The third-order valence-electron chi connectivity index (χ3n) is 3.25. The number of amides is 1. The molecule has 110 valence electrons. The largest absolute Gasteiger partial charge is 0.476 e. The molecular formula is C12H18N4O4. The van der Waals surface area contributed by atoms with Crippen LogP contribution in [0.3, 0.4) is 0 Å². The predicted octanol–water partition coefficient (Wildman–Crippen LogP) is 0.134. The van der Waals surface area contributed by atoms with Gasteiger partial charge in [0.15, 0.2) is 5.69 Å². The van der Waals surface area contributed by atoms with Crippen LogP contribution in [0.2, 0.25) is 0 Å². The van der Waals surface area contributed by atoms with Gasteiger partial charge in [-0.1, -0.05) is 5.21 Å². The van der Waals surface area contributed by atoms with Crippen molar-refractivity contribution in [2.75, 3.05) is 13.7 Å². The second-order valence-corrected chi connectivity index (χ2v) is 4.69. The van der Waals surface area contributed by atoms with Crippen molar-refractivity contribution >= 4 is 11.9 Å². The van der Waals surface area contributed by atoms with Crippen LogP contribution in [0.1, 0.15) is 35.9 Å².